The fourth-order valence-corrected chi connectivity index (χ4v) is 3.47. The summed E-state index contributed by atoms with van der Waals surface area (Å²) in [5, 5.41) is 0. The van der Waals surface area contributed by atoms with Crippen molar-refractivity contribution in [3.05, 3.63) is 70.9 Å². The maximum atomic E-state index is 11.8. The van der Waals surface area contributed by atoms with Crippen molar-refractivity contribution in [3.8, 4) is 0 Å². The summed E-state index contributed by atoms with van der Waals surface area (Å²) in [4.78, 5) is 22.7. The lowest BCUT2D eigenvalue weighted by atomic mass is 10.0. The fourth-order valence-electron chi connectivity index (χ4n) is 3.47. The molecule has 1 aromatic rings. The van der Waals surface area contributed by atoms with E-state index in [1.54, 1.807) is 12.3 Å². The summed E-state index contributed by atoms with van der Waals surface area (Å²) in [7, 11) is 0. The molecule has 0 fully saturated rings. The van der Waals surface area contributed by atoms with Crippen molar-refractivity contribution in [3.63, 3.8) is 0 Å². The normalized spacial score (nSPS) is 16.8. The second-order valence-corrected chi connectivity index (χ2v) is 8.59. The third-order valence-corrected chi connectivity index (χ3v) is 5.44. The average molecular weight is 441 g/mol. The number of hydrogen-bond donors (Lipinski definition) is 0. The molecule has 0 amide bonds. The van der Waals surface area contributed by atoms with E-state index >= 15 is 0 Å². The first-order chi connectivity index (χ1) is 15.3. The highest BCUT2D eigenvalue weighted by Gasteiger charge is 2.22. The highest BCUT2D eigenvalue weighted by molar-refractivity contribution is 5.93. The number of ether oxygens (including phenoxy) is 2. The van der Waals surface area contributed by atoms with Crippen LogP contribution in [0.15, 0.2) is 69.8 Å². The van der Waals surface area contributed by atoms with Gasteiger partial charge in [0.25, 0.3) is 0 Å². The van der Waals surface area contributed by atoms with Gasteiger partial charge >= 0.3 is 11.9 Å². The molecule has 0 N–H and O–H groups in total. The number of allylic oxidation sites excluding steroid dienone is 6. The molecule has 1 aliphatic heterocycles. The van der Waals surface area contributed by atoms with E-state index in [9.17, 15) is 9.59 Å². The number of hydrogen-bond acceptors (Lipinski definition) is 5. The van der Waals surface area contributed by atoms with Gasteiger partial charge in [0, 0.05) is 6.92 Å². The first-order valence-corrected chi connectivity index (χ1v) is 11.4. The van der Waals surface area contributed by atoms with Gasteiger partial charge in [-0.1, -0.05) is 30.2 Å². The molecular weight excluding hydrogens is 404 g/mol. The molecule has 0 saturated heterocycles. The second kappa shape index (κ2) is 13.6. The third-order valence-electron chi connectivity index (χ3n) is 5.44. The van der Waals surface area contributed by atoms with Gasteiger partial charge < -0.3 is 13.9 Å². The molecule has 1 aliphatic rings. The number of carbonyl (C=O) groups is 2. The summed E-state index contributed by atoms with van der Waals surface area (Å²) >= 11 is 0. The lowest BCUT2D eigenvalue weighted by molar-refractivity contribution is -0.141. The van der Waals surface area contributed by atoms with Gasteiger partial charge in [0.1, 0.15) is 12.4 Å². The van der Waals surface area contributed by atoms with E-state index in [1.807, 2.05) is 18.4 Å². The molecule has 0 aliphatic carbocycles. The number of unbranched alkanes of at least 4 members (excludes halogenated alkanes) is 1. The number of rotatable bonds is 13. The van der Waals surface area contributed by atoms with Crippen molar-refractivity contribution < 1.29 is 23.5 Å². The largest absolute Gasteiger partial charge is 0.472 e. The van der Waals surface area contributed by atoms with E-state index in [4.69, 9.17) is 13.9 Å². The van der Waals surface area contributed by atoms with Gasteiger partial charge in [-0.15, -0.1) is 0 Å². The summed E-state index contributed by atoms with van der Waals surface area (Å²) in [6.45, 7) is 7.81. The Bertz CT molecular complexity index is 868. The Morgan fingerprint density at radius 1 is 1.12 bits per heavy atom. The topological polar surface area (TPSA) is 65.7 Å². The first kappa shape index (κ1) is 25.4. The van der Waals surface area contributed by atoms with Crippen molar-refractivity contribution in [1.82, 2.24) is 0 Å². The Morgan fingerprint density at radius 3 is 2.50 bits per heavy atom. The Balaban J connectivity index is 1.64. The third kappa shape index (κ3) is 9.99. The lowest BCUT2D eigenvalue weighted by Gasteiger charge is -2.07. The second-order valence-electron chi connectivity index (χ2n) is 8.59. The first-order valence-electron chi connectivity index (χ1n) is 11.4. The number of furan rings is 1. The maximum absolute atomic E-state index is 11.8. The molecule has 174 valence electrons. The van der Waals surface area contributed by atoms with Crippen LogP contribution in [0, 0.1) is 5.92 Å². The predicted molar refractivity (Wildman–Crippen MR) is 126 cm³/mol. The van der Waals surface area contributed by atoms with Crippen molar-refractivity contribution in [2.75, 3.05) is 6.61 Å². The van der Waals surface area contributed by atoms with Crippen molar-refractivity contribution in [2.24, 2.45) is 5.92 Å². The maximum Gasteiger partial charge on any atom is 0.343 e. The number of carbonyl (C=O) groups excluding carboxylic acids is 2. The van der Waals surface area contributed by atoms with E-state index in [2.05, 4.69) is 32.9 Å². The molecule has 1 atom stereocenters. The lowest BCUT2D eigenvalue weighted by Crippen LogP contribution is -2.08. The van der Waals surface area contributed by atoms with Gasteiger partial charge in [-0.3, -0.25) is 4.79 Å². The van der Waals surface area contributed by atoms with E-state index in [0.717, 1.165) is 44.9 Å². The van der Waals surface area contributed by atoms with Gasteiger partial charge in [-0.2, -0.15) is 0 Å². The molecule has 32 heavy (non-hydrogen) atoms. The van der Waals surface area contributed by atoms with Crippen LogP contribution in [0.4, 0.5) is 0 Å². The summed E-state index contributed by atoms with van der Waals surface area (Å²) in [5.41, 5.74) is 4.50. The SMILES string of the molecule is CC(=O)OCC1=C/C(=C/C(C)CCC/C=C(\C)CC/C(C)=C/CCc2ccoc2)OC1=O. The summed E-state index contributed by atoms with van der Waals surface area (Å²) in [5.74, 6) is 0.00106. The van der Waals surface area contributed by atoms with Crippen LogP contribution in [0.25, 0.3) is 0 Å². The van der Waals surface area contributed by atoms with Crippen LogP contribution in [-0.2, 0) is 25.5 Å². The van der Waals surface area contributed by atoms with Crippen molar-refractivity contribution in [1.29, 1.82) is 0 Å². The molecule has 2 rings (SSSR count). The van der Waals surface area contributed by atoms with E-state index < -0.39 is 11.9 Å². The molecule has 0 saturated carbocycles. The zero-order chi connectivity index (χ0) is 23.3. The zero-order valence-corrected chi connectivity index (χ0v) is 19.8. The van der Waals surface area contributed by atoms with Gasteiger partial charge in [0.2, 0.25) is 0 Å². The quantitative estimate of drug-likeness (QED) is 0.196. The molecule has 5 heteroatoms. The molecule has 0 spiro atoms. The fraction of sp³-hybridized carbons (Fsp3) is 0.481. The standard InChI is InChI=1S/C27H36O5/c1-20(12-13-21(2)10-7-11-24-14-15-30-18-24)8-5-6-9-22(3)16-26-17-25(27(29)32-26)19-31-23(4)28/h8,10,14-18,22H,5-7,9,11-13,19H2,1-4H3/b20-8+,21-10+,26-16-. The molecular formula is C27H36O5. The van der Waals surface area contributed by atoms with Crippen LogP contribution >= 0.6 is 0 Å². The minimum atomic E-state index is -0.436. The van der Waals surface area contributed by atoms with Crippen LogP contribution in [0.5, 0.6) is 0 Å². The van der Waals surface area contributed by atoms with Crippen LogP contribution in [-0.4, -0.2) is 18.5 Å². The molecule has 2 heterocycles. The van der Waals surface area contributed by atoms with Crippen molar-refractivity contribution >= 4 is 11.9 Å². The Morgan fingerprint density at radius 2 is 1.84 bits per heavy atom. The molecule has 0 bridgehead atoms. The molecule has 1 unspecified atom stereocenters. The number of esters is 2. The van der Waals surface area contributed by atoms with Crippen LogP contribution in [0.1, 0.15) is 71.8 Å². The smallest absolute Gasteiger partial charge is 0.343 e. The predicted octanol–water partition coefficient (Wildman–Crippen LogP) is 6.62. The van der Waals surface area contributed by atoms with E-state index in [-0.39, 0.29) is 6.61 Å². The molecule has 5 nitrogen and oxygen atoms in total. The summed E-state index contributed by atoms with van der Waals surface area (Å²) in [6, 6.07) is 2.02. The van der Waals surface area contributed by atoms with Crippen molar-refractivity contribution in [2.45, 2.75) is 72.6 Å². The zero-order valence-electron chi connectivity index (χ0n) is 19.8. The summed E-state index contributed by atoms with van der Waals surface area (Å²) in [6.07, 6.45) is 19.3. The number of aryl methyl sites for hydroxylation is 1. The average Bonchev–Trinajstić information content (AvgIpc) is 3.37. The van der Waals surface area contributed by atoms with Crippen LogP contribution < -0.4 is 0 Å². The van der Waals surface area contributed by atoms with E-state index in [1.165, 1.54) is 23.6 Å². The van der Waals surface area contributed by atoms with Gasteiger partial charge in [-0.25, -0.2) is 4.79 Å². The Labute approximate surface area is 191 Å². The van der Waals surface area contributed by atoms with Gasteiger partial charge in [0.15, 0.2) is 0 Å². The number of cyclic esters (lactones) is 1. The highest BCUT2D eigenvalue weighted by atomic mass is 16.6. The highest BCUT2D eigenvalue weighted by Crippen LogP contribution is 2.21. The minimum absolute atomic E-state index is 0.0387. The van der Waals surface area contributed by atoms with Gasteiger partial charge in [0.05, 0.1) is 18.1 Å². The molecule has 0 aromatic carbocycles. The Kier molecular flexibility index (Phi) is 10.8. The molecule has 1 aromatic heterocycles. The minimum Gasteiger partial charge on any atom is -0.472 e. The monoisotopic (exact) mass is 440 g/mol. The Hall–Kier alpha value is -2.82. The van der Waals surface area contributed by atoms with Crippen LogP contribution in [0.2, 0.25) is 0 Å². The van der Waals surface area contributed by atoms with Gasteiger partial charge in [-0.05, 0) is 88.5 Å². The van der Waals surface area contributed by atoms with E-state index in [0.29, 0.717) is 17.3 Å². The molecule has 0 radical (unpaired) electrons. The van der Waals surface area contributed by atoms with Crippen LogP contribution in [0.3, 0.4) is 0 Å². The summed E-state index contributed by atoms with van der Waals surface area (Å²) < 4.78 is 15.2.